The van der Waals surface area contributed by atoms with Gasteiger partial charge in [-0.3, -0.25) is 4.79 Å². The van der Waals surface area contributed by atoms with Gasteiger partial charge in [-0.1, -0.05) is 18.2 Å². The number of alkyl carbamates (subject to hydrolysis) is 1. The van der Waals surface area contributed by atoms with E-state index in [2.05, 4.69) is 14.8 Å². The van der Waals surface area contributed by atoms with Crippen LogP contribution in [0.1, 0.15) is 26.3 Å². The Morgan fingerprint density at radius 1 is 1.20 bits per heavy atom. The molecular weight excluding hydrogens is 348 g/mol. The zero-order valence-corrected chi connectivity index (χ0v) is 15.8. The average molecular weight is 372 g/mol. The van der Waals surface area contributed by atoms with Crippen molar-refractivity contribution in [2.45, 2.75) is 44.2 Å². The second-order valence-electron chi connectivity index (χ2n) is 6.35. The van der Waals surface area contributed by atoms with Crippen molar-refractivity contribution in [1.29, 1.82) is 0 Å². The van der Waals surface area contributed by atoms with Crippen molar-refractivity contribution in [3.05, 3.63) is 29.8 Å². The molecule has 1 atom stereocenters. The number of ether oxygens (including phenoxy) is 2. The summed E-state index contributed by atoms with van der Waals surface area (Å²) in [4.78, 5) is 23.6. The highest BCUT2D eigenvalue weighted by Crippen LogP contribution is 2.14. The summed E-state index contributed by atoms with van der Waals surface area (Å²) in [5.74, 6) is -0.826. The molecule has 1 aromatic carbocycles. The highest BCUT2D eigenvalue weighted by molar-refractivity contribution is 7.89. The van der Waals surface area contributed by atoms with E-state index >= 15 is 0 Å². The molecule has 0 saturated carbocycles. The Bertz CT molecular complexity index is 724. The van der Waals surface area contributed by atoms with Gasteiger partial charge in [0, 0.05) is 6.54 Å². The molecule has 0 saturated heterocycles. The maximum atomic E-state index is 12.5. The van der Waals surface area contributed by atoms with E-state index < -0.39 is 33.7 Å². The number of hydrogen-bond donors (Lipinski definition) is 2. The van der Waals surface area contributed by atoms with Crippen LogP contribution in [0.15, 0.2) is 29.2 Å². The summed E-state index contributed by atoms with van der Waals surface area (Å²) in [5.41, 5.74) is -0.190. The van der Waals surface area contributed by atoms with Crippen LogP contribution in [-0.2, 0) is 24.3 Å². The molecule has 0 bridgehead atoms. The number of aryl methyl sites for hydroxylation is 1. The first-order chi connectivity index (χ1) is 11.5. The van der Waals surface area contributed by atoms with Gasteiger partial charge in [0.1, 0.15) is 11.6 Å². The largest absolute Gasteiger partial charge is 0.468 e. The number of rotatable bonds is 6. The van der Waals surface area contributed by atoms with E-state index in [9.17, 15) is 18.0 Å². The van der Waals surface area contributed by atoms with Crippen molar-refractivity contribution >= 4 is 22.1 Å². The Morgan fingerprint density at radius 2 is 1.80 bits per heavy atom. The summed E-state index contributed by atoms with van der Waals surface area (Å²) in [5, 5.41) is 2.35. The van der Waals surface area contributed by atoms with Gasteiger partial charge in [-0.25, -0.2) is 13.2 Å². The Balaban J connectivity index is 2.88. The number of nitrogens with one attached hydrogen (secondary N) is 2. The van der Waals surface area contributed by atoms with Crippen LogP contribution >= 0.6 is 0 Å². The number of amides is 1. The Hall–Kier alpha value is -2.13. The summed E-state index contributed by atoms with van der Waals surface area (Å²) in [6.07, 6.45) is -0.767. The van der Waals surface area contributed by atoms with Crippen molar-refractivity contribution in [1.82, 2.24) is 10.0 Å². The standard InChI is InChI=1S/C16H24N2O6S/c1-11-8-6-7-9-13(11)25(21,22)18-12(14(19)23-5)10-17-15(20)24-16(2,3)4/h6-9,12,18H,10H2,1-5H3,(H,17,20)/t12-/m0/s1. The van der Waals surface area contributed by atoms with Crippen LogP contribution in [0.2, 0.25) is 0 Å². The molecule has 9 heteroatoms. The average Bonchev–Trinajstić information content (AvgIpc) is 2.49. The molecule has 0 spiro atoms. The van der Waals surface area contributed by atoms with E-state index in [4.69, 9.17) is 4.74 Å². The van der Waals surface area contributed by atoms with Crippen molar-refractivity contribution in [2.75, 3.05) is 13.7 Å². The summed E-state index contributed by atoms with van der Waals surface area (Å²) in [7, 11) is -2.84. The van der Waals surface area contributed by atoms with Crippen molar-refractivity contribution in [3.8, 4) is 0 Å². The SMILES string of the molecule is COC(=O)[C@H](CNC(=O)OC(C)(C)C)NS(=O)(=O)c1ccccc1C. The van der Waals surface area contributed by atoms with E-state index in [1.54, 1.807) is 45.9 Å². The molecule has 1 aromatic rings. The number of benzene rings is 1. The molecule has 0 aliphatic rings. The highest BCUT2D eigenvalue weighted by Gasteiger charge is 2.28. The third kappa shape index (κ3) is 6.71. The van der Waals surface area contributed by atoms with Crippen LogP contribution < -0.4 is 10.0 Å². The molecule has 2 N–H and O–H groups in total. The zero-order chi connectivity index (χ0) is 19.3. The van der Waals surface area contributed by atoms with E-state index in [0.29, 0.717) is 5.56 Å². The van der Waals surface area contributed by atoms with Gasteiger partial charge in [-0.2, -0.15) is 4.72 Å². The van der Waals surface area contributed by atoms with Gasteiger partial charge in [0.05, 0.1) is 12.0 Å². The van der Waals surface area contributed by atoms with Crippen LogP contribution in [0, 0.1) is 6.92 Å². The minimum Gasteiger partial charge on any atom is -0.468 e. The Kier molecular flexibility index (Phi) is 6.95. The normalized spacial score (nSPS) is 13.0. The fourth-order valence-electron chi connectivity index (χ4n) is 1.92. The van der Waals surface area contributed by atoms with Gasteiger partial charge in [0.2, 0.25) is 10.0 Å². The number of sulfonamides is 1. The van der Waals surface area contributed by atoms with E-state index in [1.165, 1.54) is 6.07 Å². The number of hydrogen-bond acceptors (Lipinski definition) is 6. The predicted molar refractivity (Wildman–Crippen MR) is 91.5 cm³/mol. The highest BCUT2D eigenvalue weighted by atomic mass is 32.2. The Labute approximate surface area is 147 Å². The summed E-state index contributed by atoms with van der Waals surface area (Å²) in [6, 6.07) is 5.06. The maximum Gasteiger partial charge on any atom is 0.407 e. The monoisotopic (exact) mass is 372 g/mol. The molecule has 0 heterocycles. The first kappa shape index (κ1) is 20.9. The lowest BCUT2D eigenvalue weighted by Crippen LogP contribution is -2.49. The number of carbonyl (C=O) groups excluding carboxylic acids is 2. The van der Waals surface area contributed by atoms with E-state index in [0.717, 1.165) is 7.11 Å². The van der Waals surface area contributed by atoms with Crippen LogP contribution in [0.3, 0.4) is 0 Å². The molecular formula is C16H24N2O6S. The van der Waals surface area contributed by atoms with E-state index in [1.807, 2.05) is 0 Å². The summed E-state index contributed by atoms with van der Waals surface area (Å²) >= 11 is 0. The van der Waals surface area contributed by atoms with Gasteiger partial charge in [0.25, 0.3) is 0 Å². The maximum absolute atomic E-state index is 12.5. The van der Waals surface area contributed by atoms with Crippen molar-refractivity contribution < 1.29 is 27.5 Å². The van der Waals surface area contributed by atoms with Gasteiger partial charge >= 0.3 is 12.1 Å². The molecule has 0 aliphatic carbocycles. The van der Waals surface area contributed by atoms with Gasteiger partial charge in [-0.05, 0) is 39.3 Å². The second-order valence-corrected chi connectivity index (χ2v) is 8.03. The van der Waals surface area contributed by atoms with Crippen molar-refractivity contribution in [3.63, 3.8) is 0 Å². The smallest absolute Gasteiger partial charge is 0.407 e. The lowest BCUT2D eigenvalue weighted by molar-refractivity contribution is -0.142. The Morgan fingerprint density at radius 3 is 2.32 bits per heavy atom. The third-order valence-corrected chi connectivity index (χ3v) is 4.65. The number of carbonyl (C=O) groups is 2. The van der Waals surface area contributed by atoms with E-state index in [-0.39, 0.29) is 11.4 Å². The molecule has 1 amide bonds. The van der Waals surface area contributed by atoms with Gasteiger partial charge in [-0.15, -0.1) is 0 Å². The summed E-state index contributed by atoms with van der Waals surface area (Å²) < 4.78 is 36.9. The van der Waals surface area contributed by atoms with Gasteiger partial charge < -0.3 is 14.8 Å². The lowest BCUT2D eigenvalue weighted by Gasteiger charge is -2.22. The summed E-state index contributed by atoms with van der Waals surface area (Å²) in [6.45, 7) is 6.38. The lowest BCUT2D eigenvalue weighted by atomic mass is 10.2. The molecule has 0 unspecified atom stereocenters. The van der Waals surface area contributed by atoms with Crippen molar-refractivity contribution in [2.24, 2.45) is 0 Å². The molecule has 0 aromatic heterocycles. The predicted octanol–water partition coefficient (Wildman–Crippen LogP) is 1.34. The van der Waals surface area contributed by atoms with Gasteiger partial charge in [0.15, 0.2) is 0 Å². The third-order valence-electron chi connectivity index (χ3n) is 3.02. The van der Waals surface area contributed by atoms with Crippen LogP contribution in [0.25, 0.3) is 0 Å². The first-order valence-electron chi connectivity index (χ1n) is 7.59. The number of esters is 1. The molecule has 8 nitrogen and oxygen atoms in total. The fraction of sp³-hybridized carbons (Fsp3) is 0.500. The van der Waals surface area contributed by atoms with Crippen LogP contribution in [0.4, 0.5) is 4.79 Å². The molecule has 0 aliphatic heterocycles. The second kappa shape index (κ2) is 8.30. The molecule has 25 heavy (non-hydrogen) atoms. The molecule has 140 valence electrons. The minimum absolute atomic E-state index is 0.0428. The molecule has 0 radical (unpaired) electrons. The molecule has 0 fully saturated rings. The van der Waals surface area contributed by atoms with Crippen LogP contribution in [0.5, 0.6) is 0 Å². The topological polar surface area (TPSA) is 111 Å². The molecule has 1 rings (SSSR count). The fourth-order valence-corrected chi connectivity index (χ4v) is 3.35. The zero-order valence-electron chi connectivity index (χ0n) is 15.0. The number of methoxy groups -OCH3 is 1. The van der Waals surface area contributed by atoms with Crippen LogP contribution in [-0.4, -0.2) is 45.8 Å². The quantitative estimate of drug-likeness (QED) is 0.729. The first-order valence-corrected chi connectivity index (χ1v) is 9.07. The minimum atomic E-state index is -3.97.